The van der Waals surface area contributed by atoms with E-state index in [9.17, 15) is 4.79 Å². The molecule has 1 aromatic carbocycles. The van der Waals surface area contributed by atoms with Gasteiger partial charge in [0.15, 0.2) is 17.6 Å². The average molecular weight is 253 g/mol. The minimum Gasteiger partial charge on any atom is -0.493 e. The van der Waals surface area contributed by atoms with E-state index in [0.29, 0.717) is 18.0 Å². The summed E-state index contributed by atoms with van der Waals surface area (Å²) < 4.78 is 15.6. The third-order valence-electron chi connectivity index (χ3n) is 2.58. The summed E-state index contributed by atoms with van der Waals surface area (Å²) in [4.78, 5) is 10.8. The highest BCUT2D eigenvalue weighted by Crippen LogP contribution is 2.28. The highest BCUT2D eigenvalue weighted by molar-refractivity contribution is 5.69. The Hall–Kier alpha value is -1.95. The number of nitrogens with one attached hydrogen (secondary N) is 1. The minimum atomic E-state index is -0.425. The smallest absolute Gasteiger partial charge is 0.407 e. The van der Waals surface area contributed by atoms with Gasteiger partial charge in [0.25, 0.3) is 0 Å². The second-order valence-electron chi connectivity index (χ2n) is 3.86. The number of carbonyl (C=O) groups is 1. The van der Waals surface area contributed by atoms with Crippen molar-refractivity contribution in [3.63, 3.8) is 0 Å². The van der Waals surface area contributed by atoms with Gasteiger partial charge in [-0.2, -0.15) is 0 Å². The topological polar surface area (TPSA) is 77.0 Å². The number of aliphatic hydroxyl groups excluding tert-OH is 1. The van der Waals surface area contributed by atoms with Crippen LogP contribution in [0.2, 0.25) is 0 Å². The van der Waals surface area contributed by atoms with Crippen LogP contribution in [0.15, 0.2) is 18.2 Å². The summed E-state index contributed by atoms with van der Waals surface area (Å²) in [6.07, 6.45) is -0.717. The molecule has 0 spiro atoms. The number of methoxy groups -OCH3 is 1. The number of alkyl carbamates (subject to hydrolysis) is 1. The molecule has 6 heteroatoms. The predicted molar refractivity (Wildman–Crippen MR) is 62.7 cm³/mol. The third-order valence-corrected chi connectivity index (χ3v) is 2.58. The number of hydrogen-bond acceptors (Lipinski definition) is 5. The zero-order valence-electron chi connectivity index (χ0n) is 10.0. The van der Waals surface area contributed by atoms with E-state index in [4.69, 9.17) is 19.3 Å². The lowest BCUT2D eigenvalue weighted by atomic mass is 10.2. The second-order valence-corrected chi connectivity index (χ2v) is 3.86. The van der Waals surface area contributed by atoms with Crippen molar-refractivity contribution in [2.75, 3.05) is 20.3 Å². The molecule has 1 aliphatic rings. The largest absolute Gasteiger partial charge is 0.493 e. The molecule has 18 heavy (non-hydrogen) atoms. The van der Waals surface area contributed by atoms with Gasteiger partial charge in [0, 0.05) is 0 Å². The number of ether oxygens (including phenoxy) is 3. The quantitative estimate of drug-likeness (QED) is 0.806. The number of cyclic esters (lactones) is 1. The van der Waals surface area contributed by atoms with Crippen LogP contribution >= 0.6 is 0 Å². The first-order chi connectivity index (χ1) is 8.72. The van der Waals surface area contributed by atoms with Gasteiger partial charge >= 0.3 is 6.09 Å². The summed E-state index contributed by atoms with van der Waals surface area (Å²) in [5, 5.41) is 11.6. The Kier molecular flexibility index (Phi) is 3.88. The van der Waals surface area contributed by atoms with E-state index in [1.54, 1.807) is 18.2 Å². The molecule has 0 aliphatic carbocycles. The summed E-state index contributed by atoms with van der Waals surface area (Å²) in [6, 6.07) is 5.17. The number of carbonyl (C=O) groups excluding carboxylic acids is 1. The molecule has 0 bridgehead atoms. The van der Waals surface area contributed by atoms with Crippen LogP contribution < -0.4 is 14.8 Å². The highest BCUT2D eigenvalue weighted by Gasteiger charge is 2.23. The van der Waals surface area contributed by atoms with Crippen molar-refractivity contribution in [1.82, 2.24) is 5.32 Å². The Labute approximate surface area is 104 Å². The van der Waals surface area contributed by atoms with E-state index in [1.807, 2.05) is 0 Å². The molecule has 1 unspecified atom stereocenters. The van der Waals surface area contributed by atoms with Crippen molar-refractivity contribution in [3.8, 4) is 11.5 Å². The Bertz CT molecular complexity index is 434. The molecule has 6 nitrogen and oxygen atoms in total. The molecule has 1 fully saturated rings. The fourth-order valence-corrected chi connectivity index (χ4v) is 1.64. The van der Waals surface area contributed by atoms with E-state index >= 15 is 0 Å². The lowest BCUT2D eigenvalue weighted by Gasteiger charge is -2.13. The molecule has 1 aliphatic heterocycles. The first kappa shape index (κ1) is 12.5. The van der Waals surface area contributed by atoms with E-state index in [0.717, 1.165) is 5.56 Å². The van der Waals surface area contributed by atoms with Crippen LogP contribution in [0.1, 0.15) is 5.56 Å². The normalized spacial score (nSPS) is 18.1. The van der Waals surface area contributed by atoms with Gasteiger partial charge in [-0.3, -0.25) is 0 Å². The van der Waals surface area contributed by atoms with E-state index < -0.39 is 6.09 Å². The maximum Gasteiger partial charge on any atom is 0.407 e. The highest BCUT2D eigenvalue weighted by atomic mass is 16.6. The monoisotopic (exact) mass is 253 g/mol. The van der Waals surface area contributed by atoms with Crippen LogP contribution in [-0.4, -0.2) is 37.6 Å². The molecular weight excluding hydrogens is 238 g/mol. The van der Waals surface area contributed by atoms with Gasteiger partial charge in [0.1, 0.15) is 6.61 Å². The molecule has 98 valence electrons. The zero-order chi connectivity index (χ0) is 13.0. The second kappa shape index (κ2) is 5.59. The Morgan fingerprint density at radius 2 is 2.33 bits per heavy atom. The maximum atomic E-state index is 10.8. The fraction of sp³-hybridized carbons (Fsp3) is 0.417. The van der Waals surface area contributed by atoms with Crippen molar-refractivity contribution in [2.45, 2.75) is 12.7 Å². The molecule has 0 saturated carbocycles. The number of benzene rings is 1. The van der Waals surface area contributed by atoms with E-state index in [-0.39, 0.29) is 19.3 Å². The third kappa shape index (κ3) is 2.84. The Balaban J connectivity index is 1.98. The molecule has 0 radical (unpaired) electrons. The molecule has 2 N–H and O–H groups in total. The number of rotatable bonds is 5. The number of aliphatic hydroxyl groups is 1. The summed E-state index contributed by atoms with van der Waals surface area (Å²) >= 11 is 0. The van der Waals surface area contributed by atoms with Crippen LogP contribution in [-0.2, 0) is 11.3 Å². The standard InChI is InChI=1S/C12H15NO5/c1-16-11-4-8(6-14)2-3-10(11)17-7-9-5-13-12(15)18-9/h2-4,9,14H,5-7H2,1H3,(H,13,15). The first-order valence-corrected chi connectivity index (χ1v) is 5.58. The van der Waals surface area contributed by atoms with Gasteiger partial charge in [-0.25, -0.2) is 4.79 Å². The molecule has 1 amide bonds. The van der Waals surface area contributed by atoms with Crippen LogP contribution in [0, 0.1) is 0 Å². The van der Waals surface area contributed by atoms with Crippen molar-refractivity contribution >= 4 is 6.09 Å². The lowest BCUT2D eigenvalue weighted by molar-refractivity contribution is 0.103. The van der Waals surface area contributed by atoms with Gasteiger partial charge in [-0.05, 0) is 17.7 Å². The van der Waals surface area contributed by atoms with Gasteiger partial charge in [-0.15, -0.1) is 0 Å². The molecule has 1 aromatic rings. The molecule has 0 aromatic heterocycles. The lowest BCUT2D eigenvalue weighted by Crippen LogP contribution is -2.22. The van der Waals surface area contributed by atoms with Crippen LogP contribution in [0.3, 0.4) is 0 Å². The van der Waals surface area contributed by atoms with Gasteiger partial charge in [0.05, 0.1) is 20.3 Å². The molecule has 2 rings (SSSR count). The first-order valence-electron chi connectivity index (χ1n) is 5.58. The summed E-state index contributed by atoms with van der Waals surface area (Å²) in [5.74, 6) is 1.09. The number of amides is 1. The van der Waals surface area contributed by atoms with Crippen molar-refractivity contribution in [3.05, 3.63) is 23.8 Å². The van der Waals surface area contributed by atoms with Crippen LogP contribution in [0.5, 0.6) is 11.5 Å². The fourth-order valence-electron chi connectivity index (χ4n) is 1.64. The molecule has 1 heterocycles. The Morgan fingerprint density at radius 3 is 2.94 bits per heavy atom. The predicted octanol–water partition coefficient (Wildman–Crippen LogP) is 0.675. The summed E-state index contributed by atoms with van der Waals surface area (Å²) in [5.41, 5.74) is 0.744. The summed E-state index contributed by atoms with van der Waals surface area (Å²) in [6.45, 7) is 0.643. The SMILES string of the molecule is COc1cc(CO)ccc1OCC1CNC(=O)O1. The Morgan fingerprint density at radius 1 is 1.50 bits per heavy atom. The molecule has 1 atom stereocenters. The molecular formula is C12H15NO5. The van der Waals surface area contributed by atoms with Gasteiger partial charge in [-0.1, -0.05) is 6.07 Å². The van der Waals surface area contributed by atoms with E-state index in [2.05, 4.69) is 5.32 Å². The van der Waals surface area contributed by atoms with Crippen molar-refractivity contribution in [1.29, 1.82) is 0 Å². The molecule has 1 saturated heterocycles. The van der Waals surface area contributed by atoms with Crippen LogP contribution in [0.25, 0.3) is 0 Å². The van der Waals surface area contributed by atoms with Crippen molar-refractivity contribution < 1.29 is 24.1 Å². The van der Waals surface area contributed by atoms with Crippen molar-refractivity contribution in [2.24, 2.45) is 0 Å². The van der Waals surface area contributed by atoms with Crippen LogP contribution in [0.4, 0.5) is 4.79 Å². The zero-order valence-corrected chi connectivity index (χ0v) is 10.0. The summed E-state index contributed by atoms with van der Waals surface area (Å²) in [7, 11) is 1.53. The average Bonchev–Trinajstić information content (AvgIpc) is 2.82. The maximum absolute atomic E-state index is 10.8. The van der Waals surface area contributed by atoms with Gasteiger partial charge in [0.2, 0.25) is 0 Å². The minimum absolute atomic E-state index is 0.0548. The van der Waals surface area contributed by atoms with E-state index in [1.165, 1.54) is 7.11 Å². The van der Waals surface area contributed by atoms with Gasteiger partial charge < -0.3 is 24.6 Å². The number of hydrogen-bond donors (Lipinski definition) is 2.